The van der Waals surface area contributed by atoms with Crippen molar-refractivity contribution in [1.82, 2.24) is 10.2 Å². The van der Waals surface area contributed by atoms with E-state index in [2.05, 4.69) is 24.3 Å². The number of amides is 1. The highest BCUT2D eigenvalue weighted by Crippen LogP contribution is 2.33. The van der Waals surface area contributed by atoms with Crippen LogP contribution in [-0.2, 0) is 6.42 Å². The molecule has 1 saturated carbocycles. The number of rotatable bonds is 6. The van der Waals surface area contributed by atoms with Crippen LogP contribution in [-0.4, -0.2) is 43.5 Å². The number of nitrogens with zero attached hydrogens (tertiary/aromatic N) is 1. The van der Waals surface area contributed by atoms with Crippen molar-refractivity contribution in [3.8, 4) is 0 Å². The number of carbonyl (C=O) groups is 1. The van der Waals surface area contributed by atoms with Gasteiger partial charge in [0.1, 0.15) is 0 Å². The summed E-state index contributed by atoms with van der Waals surface area (Å²) in [6, 6.07) is 7.74. The van der Waals surface area contributed by atoms with Gasteiger partial charge in [-0.15, -0.1) is 0 Å². The molecule has 0 bridgehead atoms. The van der Waals surface area contributed by atoms with Crippen molar-refractivity contribution in [1.29, 1.82) is 0 Å². The third kappa shape index (κ3) is 3.63. The molecule has 1 amide bonds. The molecule has 3 N–H and O–H groups in total. The van der Waals surface area contributed by atoms with Crippen LogP contribution in [0.5, 0.6) is 0 Å². The minimum absolute atomic E-state index is 0.0205. The predicted octanol–water partition coefficient (Wildman–Crippen LogP) is 1.79. The number of likely N-dealkylation sites (N-methyl/N-ethyl adjacent to an activating group) is 1. The SMILES string of the molecule is CN(C)C1(CNC(=O)c2ccccc2CCN)CCCC1. The number of hydrogen-bond donors (Lipinski definition) is 2. The second-order valence-electron chi connectivity index (χ2n) is 6.20. The molecule has 0 saturated heterocycles. The maximum Gasteiger partial charge on any atom is 0.251 e. The summed E-state index contributed by atoms with van der Waals surface area (Å²) in [6.45, 7) is 1.28. The van der Waals surface area contributed by atoms with Crippen LogP contribution in [0.1, 0.15) is 41.6 Å². The van der Waals surface area contributed by atoms with Crippen LogP contribution in [0.4, 0.5) is 0 Å². The summed E-state index contributed by atoms with van der Waals surface area (Å²) >= 11 is 0. The van der Waals surface area contributed by atoms with Crippen molar-refractivity contribution in [3.63, 3.8) is 0 Å². The molecule has 0 aliphatic heterocycles. The Bertz CT molecular complexity index is 479. The van der Waals surface area contributed by atoms with E-state index >= 15 is 0 Å². The molecule has 1 aliphatic carbocycles. The molecule has 21 heavy (non-hydrogen) atoms. The van der Waals surface area contributed by atoms with Gasteiger partial charge in [-0.25, -0.2) is 0 Å². The van der Waals surface area contributed by atoms with Gasteiger partial charge in [-0.1, -0.05) is 31.0 Å². The number of hydrogen-bond acceptors (Lipinski definition) is 3. The van der Waals surface area contributed by atoms with Crippen LogP contribution in [0, 0.1) is 0 Å². The number of benzene rings is 1. The molecule has 1 aliphatic rings. The van der Waals surface area contributed by atoms with Gasteiger partial charge in [0.25, 0.3) is 5.91 Å². The van der Waals surface area contributed by atoms with Gasteiger partial charge in [-0.3, -0.25) is 4.79 Å². The normalized spacial score (nSPS) is 17.1. The van der Waals surface area contributed by atoms with Crippen molar-refractivity contribution in [3.05, 3.63) is 35.4 Å². The number of nitrogens with one attached hydrogen (secondary N) is 1. The highest BCUT2D eigenvalue weighted by atomic mass is 16.1. The Balaban J connectivity index is 2.05. The Kier molecular flexibility index (Phi) is 5.37. The van der Waals surface area contributed by atoms with Gasteiger partial charge in [0.05, 0.1) is 0 Å². The quantitative estimate of drug-likeness (QED) is 0.839. The summed E-state index contributed by atoms with van der Waals surface area (Å²) in [6.07, 6.45) is 5.55. The van der Waals surface area contributed by atoms with Gasteiger partial charge < -0.3 is 16.0 Å². The first-order valence-electron chi connectivity index (χ1n) is 7.83. The topological polar surface area (TPSA) is 58.4 Å². The lowest BCUT2D eigenvalue weighted by Crippen LogP contribution is -2.50. The average molecular weight is 289 g/mol. The monoisotopic (exact) mass is 289 g/mol. The van der Waals surface area contributed by atoms with E-state index in [1.807, 2.05) is 24.3 Å². The molecule has 0 spiro atoms. The van der Waals surface area contributed by atoms with Crippen molar-refractivity contribution < 1.29 is 4.79 Å². The fraction of sp³-hybridized carbons (Fsp3) is 0.588. The van der Waals surface area contributed by atoms with Gasteiger partial charge in [0.15, 0.2) is 0 Å². The van der Waals surface area contributed by atoms with E-state index in [0.29, 0.717) is 6.54 Å². The summed E-state index contributed by atoms with van der Waals surface area (Å²) in [5.41, 5.74) is 7.54. The minimum Gasteiger partial charge on any atom is -0.350 e. The first-order valence-corrected chi connectivity index (χ1v) is 7.83. The molecule has 0 unspecified atom stereocenters. The maximum absolute atomic E-state index is 12.5. The third-order valence-electron chi connectivity index (χ3n) is 4.74. The lowest BCUT2D eigenvalue weighted by molar-refractivity contribution is 0.0899. The van der Waals surface area contributed by atoms with E-state index in [4.69, 9.17) is 5.73 Å². The van der Waals surface area contributed by atoms with E-state index in [1.165, 1.54) is 12.8 Å². The molecule has 4 nitrogen and oxygen atoms in total. The Morgan fingerprint density at radius 2 is 1.95 bits per heavy atom. The van der Waals surface area contributed by atoms with E-state index in [-0.39, 0.29) is 11.4 Å². The fourth-order valence-electron chi connectivity index (χ4n) is 3.27. The Labute approximate surface area is 127 Å². The zero-order valence-electron chi connectivity index (χ0n) is 13.2. The molecule has 0 heterocycles. The highest BCUT2D eigenvalue weighted by molar-refractivity contribution is 5.95. The van der Waals surface area contributed by atoms with Gasteiger partial charge in [0.2, 0.25) is 0 Å². The van der Waals surface area contributed by atoms with Crippen LogP contribution < -0.4 is 11.1 Å². The van der Waals surface area contributed by atoms with Crippen molar-refractivity contribution in [2.75, 3.05) is 27.2 Å². The minimum atomic E-state index is 0.0205. The van der Waals surface area contributed by atoms with Crippen molar-refractivity contribution in [2.24, 2.45) is 5.73 Å². The molecule has 116 valence electrons. The molecule has 1 aromatic carbocycles. The largest absolute Gasteiger partial charge is 0.350 e. The lowest BCUT2D eigenvalue weighted by Gasteiger charge is -2.36. The summed E-state index contributed by atoms with van der Waals surface area (Å²) in [5.74, 6) is 0.0205. The standard InChI is InChI=1S/C17H27N3O/c1-20(2)17(10-5-6-11-17)13-19-16(21)15-8-4-3-7-14(15)9-12-18/h3-4,7-8H,5-6,9-13,18H2,1-2H3,(H,19,21). The molecule has 1 aromatic rings. The first-order chi connectivity index (χ1) is 10.1. The second-order valence-corrected chi connectivity index (χ2v) is 6.20. The van der Waals surface area contributed by atoms with Crippen LogP contribution in [0.15, 0.2) is 24.3 Å². The zero-order valence-corrected chi connectivity index (χ0v) is 13.2. The number of nitrogens with two attached hydrogens (primary N) is 1. The molecule has 0 aromatic heterocycles. The van der Waals surface area contributed by atoms with Gasteiger partial charge in [0, 0.05) is 17.6 Å². The molecular formula is C17H27N3O. The van der Waals surface area contributed by atoms with E-state index < -0.39 is 0 Å². The van der Waals surface area contributed by atoms with Gasteiger partial charge >= 0.3 is 0 Å². The van der Waals surface area contributed by atoms with Crippen molar-refractivity contribution >= 4 is 5.91 Å². The smallest absolute Gasteiger partial charge is 0.251 e. The van der Waals surface area contributed by atoms with Gasteiger partial charge in [-0.05, 0) is 51.5 Å². The molecule has 0 radical (unpaired) electrons. The summed E-state index contributed by atoms with van der Waals surface area (Å²) < 4.78 is 0. The molecular weight excluding hydrogens is 262 g/mol. The summed E-state index contributed by atoms with van der Waals surface area (Å²) in [7, 11) is 4.22. The number of carbonyl (C=O) groups excluding carboxylic acids is 1. The summed E-state index contributed by atoms with van der Waals surface area (Å²) in [4.78, 5) is 14.8. The Hall–Kier alpha value is -1.39. The Morgan fingerprint density at radius 3 is 2.57 bits per heavy atom. The highest BCUT2D eigenvalue weighted by Gasteiger charge is 2.36. The first kappa shape index (κ1) is 16.0. The van der Waals surface area contributed by atoms with Crippen LogP contribution in [0.3, 0.4) is 0 Å². The Morgan fingerprint density at radius 1 is 1.29 bits per heavy atom. The van der Waals surface area contributed by atoms with Crippen molar-refractivity contribution in [2.45, 2.75) is 37.6 Å². The third-order valence-corrected chi connectivity index (χ3v) is 4.74. The van der Waals surface area contributed by atoms with Crippen LogP contribution in [0.2, 0.25) is 0 Å². The molecule has 2 rings (SSSR count). The second kappa shape index (κ2) is 7.05. The lowest BCUT2D eigenvalue weighted by atomic mass is 9.95. The fourth-order valence-corrected chi connectivity index (χ4v) is 3.27. The van der Waals surface area contributed by atoms with E-state index in [9.17, 15) is 4.79 Å². The van der Waals surface area contributed by atoms with E-state index in [0.717, 1.165) is 36.9 Å². The molecule has 0 atom stereocenters. The molecule has 1 fully saturated rings. The van der Waals surface area contributed by atoms with Crippen LogP contribution >= 0.6 is 0 Å². The average Bonchev–Trinajstić information content (AvgIpc) is 2.96. The predicted molar refractivity (Wildman–Crippen MR) is 86.4 cm³/mol. The summed E-state index contributed by atoms with van der Waals surface area (Å²) in [5, 5.41) is 3.14. The van der Waals surface area contributed by atoms with Gasteiger partial charge in [-0.2, -0.15) is 0 Å². The molecule has 4 heteroatoms. The van der Waals surface area contributed by atoms with E-state index in [1.54, 1.807) is 0 Å². The zero-order chi connectivity index (χ0) is 15.3. The maximum atomic E-state index is 12.5. The van der Waals surface area contributed by atoms with Crippen LogP contribution in [0.25, 0.3) is 0 Å².